The van der Waals surface area contributed by atoms with Crippen LogP contribution in [0.5, 0.6) is 0 Å². The molecule has 0 radical (unpaired) electrons. The maximum Gasteiger partial charge on any atom is 0.292 e. The minimum absolute atomic E-state index is 0.137. The first-order valence-corrected chi connectivity index (χ1v) is 4.57. The molecule has 6 nitrogen and oxygen atoms in total. The first-order chi connectivity index (χ1) is 6.65. The minimum Gasteiger partial charge on any atom is -0.360 e. The Morgan fingerprint density at radius 1 is 1.93 bits per heavy atom. The van der Waals surface area contributed by atoms with Crippen LogP contribution in [0.2, 0.25) is 0 Å². The maximum atomic E-state index is 11.6. The van der Waals surface area contributed by atoms with Crippen LogP contribution in [0, 0.1) is 5.41 Å². The molecule has 1 aliphatic rings. The van der Waals surface area contributed by atoms with Gasteiger partial charge in [-0.05, 0) is 23.5 Å². The smallest absolute Gasteiger partial charge is 0.292 e. The van der Waals surface area contributed by atoms with E-state index in [1.807, 2.05) is 0 Å². The lowest BCUT2D eigenvalue weighted by Gasteiger charge is -2.13. The van der Waals surface area contributed by atoms with Gasteiger partial charge in [0.2, 0.25) is 5.84 Å². The summed E-state index contributed by atoms with van der Waals surface area (Å²) in [5.41, 5.74) is 0. The second-order valence-electron chi connectivity index (χ2n) is 2.13. The van der Waals surface area contributed by atoms with Crippen molar-refractivity contribution in [3.63, 3.8) is 0 Å². The van der Waals surface area contributed by atoms with Gasteiger partial charge in [-0.3, -0.25) is 15.2 Å². The van der Waals surface area contributed by atoms with E-state index in [1.54, 1.807) is 0 Å². The molecule has 1 heterocycles. The summed E-state index contributed by atoms with van der Waals surface area (Å²) in [5.74, 6) is -0.279. The van der Waals surface area contributed by atoms with E-state index in [4.69, 9.17) is 17.0 Å². The molecule has 78 valence electrons. The van der Waals surface area contributed by atoms with Gasteiger partial charge in [-0.15, -0.1) is 0 Å². The first-order valence-electron chi connectivity index (χ1n) is 3.38. The molecule has 0 aromatic heterocycles. The Labute approximate surface area is 88.0 Å². The number of hydrogen-bond acceptors (Lipinski definition) is 6. The molecule has 0 aromatic rings. The molecule has 1 saturated heterocycles. The lowest BCUT2D eigenvalue weighted by molar-refractivity contribution is -0.107. The van der Waals surface area contributed by atoms with Crippen molar-refractivity contribution in [3.8, 4) is 0 Å². The number of rotatable bonds is 3. The van der Waals surface area contributed by atoms with E-state index in [-0.39, 0.29) is 17.4 Å². The van der Waals surface area contributed by atoms with Crippen molar-refractivity contribution in [2.75, 3.05) is 13.4 Å². The van der Waals surface area contributed by atoms with Gasteiger partial charge in [0.25, 0.3) is 12.1 Å². The van der Waals surface area contributed by atoms with Crippen LogP contribution >= 0.6 is 23.5 Å². The van der Waals surface area contributed by atoms with Crippen molar-refractivity contribution in [1.29, 1.82) is 5.41 Å². The number of carbonyl (C=O) groups is 1. The lowest BCUT2D eigenvalue weighted by atomic mass is 10.5. The van der Waals surface area contributed by atoms with E-state index < -0.39 is 12.1 Å². The number of carbonyl (C=O) groups excluding carboxylic acids is 1. The molecule has 0 amide bonds. The molecule has 1 fully saturated rings. The molecule has 0 aromatic carbocycles. The van der Waals surface area contributed by atoms with Crippen molar-refractivity contribution in [1.82, 2.24) is 9.84 Å². The summed E-state index contributed by atoms with van der Waals surface area (Å²) in [4.78, 5) is 17.5. The zero-order valence-electron chi connectivity index (χ0n) is 6.79. The zero-order valence-corrected chi connectivity index (χ0v) is 8.36. The molecule has 0 bridgehead atoms. The fourth-order valence-corrected chi connectivity index (χ4v) is 1.41. The van der Waals surface area contributed by atoms with E-state index in [9.17, 15) is 9.18 Å². The third kappa shape index (κ3) is 2.82. The van der Waals surface area contributed by atoms with Crippen molar-refractivity contribution in [3.05, 3.63) is 0 Å². The quantitative estimate of drug-likeness (QED) is 0.246. The number of hydrazine groups is 1. The summed E-state index contributed by atoms with van der Waals surface area (Å²) in [6, 6.07) is 0. The van der Waals surface area contributed by atoms with E-state index in [2.05, 4.69) is 14.8 Å². The van der Waals surface area contributed by atoms with Crippen LogP contribution in [-0.2, 0) is 9.63 Å². The van der Waals surface area contributed by atoms with Gasteiger partial charge >= 0.3 is 0 Å². The predicted molar refractivity (Wildman–Crippen MR) is 50.5 cm³/mol. The Balaban J connectivity index is 2.68. The molecule has 14 heavy (non-hydrogen) atoms. The first kappa shape index (κ1) is 11.2. The normalized spacial score (nSPS) is 17.4. The fourth-order valence-electron chi connectivity index (χ4n) is 0.713. The predicted octanol–water partition coefficient (Wildman–Crippen LogP) is 0.455. The lowest BCUT2D eigenvalue weighted by Crippen LogP contribution is -2.38. The second kappa shape index (κ2) is 5.13. The molecule has 2 N–H and O–H groups in total. The summed E-state index contributed by atoms with van der Waals surface area (Å²) < 4.78 is 11.6. The molecule has 1 aliphatic heterocycles. The summed E-state index contributed by atoms with van der Waals surface area (Å²) in [6.07, 6.45) is 0. The van der Waals surface area contributed by atoms with Gasteiger partial charge < -0.3 is 4.84 Å². The topological polar surface area (TPSA) is 77.8 Å². The molecule has 0 unspecified atom stereocenters. The van der Waals surface area contributed by atoms with Crippen LogP contribution in [-0.4, -0.2) is 34.5 Å². The van der Waals surface area contributed by atoms with Gasteiger partial charge in [-0.2, -0.15) is 4.83 Å². The number of amidine groups is 1. The number of nitrogens with one attached hydrogen (secondary N) is 2. The van der Waals surface area contributed by atoms with Gasteiger partial charge in [-0.1, -0.05) is 5.16 Å². The molecular weight excluding hydrogens is 235 g/mol. The average Bonchev–Trinajstić information content (AvgIpc) is 2.52. The van der Waals surface area contributed by atoms with Gasteiger partial charge in [0.15, 0.2) is 0 Å². The standard InChI is InChI=1S/C5H6ClFN4O2S/c6-4(12)5(9-13-2-7)11-1-3(8)14-10-11/h8,10H,1-2H2. The Morgan fingerprint density at radius 2 is 2.64 bits per heavy atom. The Hall–Kier alpha value is -0.860. The molecule has 1 rings (SSSR count). The Bertz CT molecular complexity index is 287. The second-order valence-corrected chi connectivity index (χ2v) is 3.35. The van der Waals surface area contributed by atoms with E-state index in [0.29, 0.717) is 0 Å². The van der Waals surface area contributed by atoms with Crippen LogP contribution in [0.25, 0.3) is 0 Å². The summed E-state index contributed by atoms with van der Waals surface area (Å²) in [7, 11) is 0. The van der Waals surface area contributed by atoms with Crippen LogP contribution in [0.15, 0.2) is 5.16 Å². The summed E-state index contributed by atoms with van der Waals surface area (Å²) in [5, 5.41) is 11.0. The van der Waals surface area contributed by atoms with Gasteiger partial charge in [0.05, 0.1) is 6.54 Å². The van der Waals surface area contributed by atoms with Gasteiger partial charge in [0.1, 0.15) is 5.04 Å². The highest BCUT2D eigenvalue weighted by atomic mass is 35.5. The van der Waals surface area contributed by atoms with Crippen molar-refractivity contribution < 1.29 is 14.0 Å². The number of alkyl halides is 1. The van der Waals surface area contributed by atoms with E-state index in [0.717, 1.165) is 11.9 Å². The highest BCUT2D eigenvalue weighted by Gasteiger charge is 2.25. The van der Waals surface area contributed by atoms with Crippen molar-refractivity contribution in [2.45, 2.75) is 0 Å². The van der Waals surface area contributed by atoms with Crippen molar-refractivity contribution >= 4 is 39.7 Å². The number of nitrogens with zero attached hydrogens (tertiary/aromatic N) is 2. The van der Waals surface area contributed by atoms with Crippen LogP contribution in [0.4, 0.5) is 4.39 Å². The third-order valence-corrected chi connectivity index (χ3v) is 2.07. The number of oxime groups is 1. The highest BCUT2D eigenvalue weighted by Crippen LogP contribution is 2.11. The van der Waals surface area contributed by atoms with E-state index in [1.165, 1.54) is 5.01 Å². The Morgan fingerprint density at radius 3 is 3.07 bits per heavy atom. The maximum absolute atomic E-state index is 11.6. The summed E-state index contributed by atoms with van der Waals surface area (Å²) in [6.45, 7) is -1.01. The largest absolute Gasteiger partial charge is 0.360 e. The van der Waals surface area contributed by atoms with E-state index >= 15 is 0 Å². The minimum atomic E-state index is -1.15. The van der Waals surface area contributed by atoms with Crippen LogP contribution in [0.3, 0.4) is 0 Å². The molecule has 9 heteroatoms. The molecular formula is C5H6ClFN4O2S. The molecule has 0 atom stereocenters. The van der Waals surface area contributed by atoms with Crippen molar-refractivity contribution in [2.24, 2.45) is 5.16 Å². The zero-order chi connectivity index (χ0) is 10.6. The third-order valence-electron chi connectivity index (χ3n) is 1.21. The van der Waals surface area contributed by atoms with Crippen LogP contribution < -0.4 is 4.83 Å². The molecule has 0 aliphatic carbocycles. The SMILES string of the molecule is N=C1CN(C(=NOCF)C(=O)Cl)NS1. The highest BCUT2D eigenvalue weighted by molar-refractivity contribution is 8.12. The average molecular weight is 241 g/mol. The molecule has 0 saturated carbocycles. The van der Waals surface area contributed by atoms with Crippen LogP contribution in [0.1, 0.15) is 0 Å². The fraction of sp³-hybridized carbons (Fsp3) is 0.400. The summed E-state index contributed by atoms with van der Waals surface area (Å²) >= 11 is 6.18. The Kier molecular flexibility index (Phi) is 4.11. The van der Waals surface area contributed by atoms with Gasteiger partial charge in [0, 0.05) is 0 Å². The monoisotopic (exact) mass is 240 g/mol. The number of hydrogen-bond donors (Lipinski definition) is 2. The van der Waals surface area contributed by atoms with Gasteiger partial charge in [-0.25, -0.2) is 4.39 Å². The number of halogens is 2. The molecule has 0 spiro atoms.